The highest BCUT2D eigenvalue weighted by Gasteiger charge is 2.03. The first-order valence-corrected chi connectivity index (χ1v) is 6.28. The Bertz CT molecular complexity index is 432. The molecule has 0 fully saturated rings. The third kappa shape index (κ3) is 6.01. The fraction of sp³-hybridized carbons (Fsp3) is 0.429. The SMILES string of the molecule is COCCCCNC(=O)Nc1cccc(C(C)=O)c1. The molecule has 0 bridgehead atoms. The molecule has 0 unspecified atom stereocenters. The molecule has 0 saturated carbocycles. The van der Waals surface area contributed by atoms with Gasteiger partial charge in [-0.1, -0.05) is 12.1 Å². The second kappa shape index (κ2) is 8.26. The van der Waals surface area contributed by atoms with Crippen LogP contribution in [0, 0.1) is 0 Å². The van der Waals surface area contributed by atoms with Crippen molar-refractivity contribution in [3.8, 4) is 0 Å². The van der Waals surface area contributed by atoms with E-state index in [9.17, 15) is 9.59 Å². The molecule has 1 aromatic rings. The summed E-state index contributed by atoms with van der Waals surface area (Å²) in [4.78, 5) is 22.8. The highest BCUT2D eigenvalue weighted by atomic mass is 16.5. The van der Waals surface area contributed by atoms with Gasteiger partial charge in [0.25, 0.3) is 0 Å². The molecule has 2 amide bonds. The van der Waals surface area contributed by atoms with Crippen LogP contribution in [0.4, 0.5) is 10.5 Å². The van der Waals surface area contributed by atoms with Crippen molar-refractivity contribution in [1.29, 1.82) is 0 Å². The first-order chi connectivity index (χ1) is 9.13. The number of ketones is 1. The van der Waals surface area contributed by atoms with Crippen LogP contribution in [0.5, 0.6) is 0 Å². The van der Waals surface area contributed by atoms with E-state index < -0.39 is 0 Å². The molecule has 104 valence electrons. The first kappa shape index (κ1) is 15.2. The van der Waals surface area contributed by atoms with Gasteiger partial charge in [0.05, 0.1) is 0 Å². The summed E-state index contributed by atoms with van der Waals surface area (Å²) < 4.78 is 4.92. The fourth-order valence-corrected chi connectivity index (χ4v) is 1.56. The van der Waals surface area contributed by atoms with Crippen LogP contribution in [0.1, 0.15) is 30.1 Å². The lowest BCUT2D eigenvalue weighted by atomic mass is 10.1. The van der Waals surface area contributed by atoms with Gasteiger partial charge >= 0.3 is 6.03 Å². The molecule has 0 aromatic heterocycles. The summed E-state index contributed by atoms with van der Waals surface area (Å²) in [5.41, 5.74) is 1.19. The summed E-state index contributed by atoms with van der Waals surface area (Å²) >= 11 is 0. The summed E-state index contributed by atoms with van der Waals surface area (Å²) in [6.07, 6.45) is 1.78. The molecule has 5 heteroatoms. The van der Waals surface area contributed by atoms with Crippen LogP contribution in [0.2, 0.25) is 0 Å². The Hall–Kier alpha value is -1.88. The number of benzene rings is 1. The van der Waals surface area contributed by atoms with Crippen molar-refractivity contribution in [1.82, 2.24) is 5.32 Å². The maximum absolute atomic E-state index is 11.6. The van der Waals surface area contributed by atoms with Crippen molar-refractivity contribution in [3.63, 3.8) is 0 Å². The number of amides is 2. The van der Waals surface area contributed by atoms with E-state index in [-0.39, 0.29) is 11.8 Å². The molecule has 2 N–H and O–H groups in total. The summed E-state index contributed by atoms with van der Waals surface area (Å²) in [5, 5.41) is 5.44. The molecule has 0 atom stereocenters. The Balaban J connectivity index is 2.35. The second-order valence-corrected chi connectivity index (χ2v) is 4.22. The Morgan fingerprint density at radius 1 is 1.26 bits per heavy atom. The van der Waals surface area contributed by atoms with E-state index in [2.05, 4.69) is 10.6 Å². The zero-order chi connectivity index (χ0) is 14.1. The van der Waals surface area contributed by atoms with Crippen LogP contribution in [-0.2, 0) is 4.74 Å². The molecule has 5 nitrogen and oxygen atoms in total. The average molecular weight is 264 g/mol. The number of urea groups is 1. The van der Waals surface area contributed by atoms with Gasteiger partial charge in [0.2, 0.25) is 0 Å². The lowest BCUT2D eigenvalue weighted by Gasteiger charge is -2.08. The minimum absolute atomic E-state index is 0.0244. The molecule has 0 aliphatic carbocycles. The topological polar surface area (TPSA) is 67.4 Å². The second-order valence-electron chi connectivity index (χ2n) is 4.22. The van der Waals surface area contributed by atoms with Crippen LogP contribution in [-0.4, -0.2) is 32.1 Å². The van der Waals surface area contributed by atoms with E-state index in [0.29, 0.717) is 24.4 Å². The van der Waals surface area contributed by atoms with E-state index >= 15 is 0 Å². The molecule has 0 aliphatic rings. The molecular weight excluding hydrogens is 244 g/mol. The third-order valence-corrected chi connectivity index (χ3v) is 2.59. The summed E-state index contributed by atoms with van der Waals surface area (Å²) in [6.45, 7) is 2.79. The lowest BCUT2D eigenvalue weighted by Crippen LogP contribution is -2.29. The number of carbonyl (C=O) groups excluding carboxylic acids is 2. The normalized spacial score (nSPS) is 10.0. The van der Waals surface area contributed by atoms with Crippen LogP contribution < -0.4 is 10.6 Å². The van der Waals surface area contributed by atoms with E-state index in [1.54, 1.807) is 31.4 Å². The molecule has 0 heterocycles. The van der Waals surface area contributed by atoms with E-state index in [1.165, 1.54) is 6.92 Å². The van der Waals surface area contributed by atoms with Crippen molar-refractivity contribution >= 4 is 17.5 Å². The zero-order valence-electron chi connectivity index (χ0n) is 11.4. The van der Waals surface area contributed by atoms with Gasteiger partial charge in [0.1, 0.15) is 0 Å². The molecule has 0 radical (unpaired) electrons. The number of ether oxygens (including phenoxy) is 1. The van der Waals surface area contributed by atoms with Crippen LogP contribution in [0.15, 0.2) is 24.3 Å². The predicted octanol–water partition coefficient (Wildman–Crippen LogP) is 2.44. The van der Waals surface area contributed by atoms with Gasteiger partial charge in [-0.05, 0) is 31.9 Å². The number of unbranched alkanes of at least 4 members (excludes halogenated alkanes) is 1. The Kier molecular flexibility index (Phi) is 6.60. The minimum Gasteiger partial charge on any atom is -0.385 e. The summed E-state index contributed by atoms with van der Waals surface area (Å²) in [7, 11) is 1.65. The average Bonchev–Trinajstić information content (AvgIpc) is 2.38. The molecule has 0 spiro atoms. The number of carbonyl (C=O) groups is 2. The quantitative estimate of drug-likeness (QED) is 0.587. The molecule has 0 aliphatic heterocycles. The number of methoxy groups -OCH3 is 1. The smallest absolute Gasteiger partial charge is 0.319 e. The van der Waals surface area contributed by atoms with Crippen LogP contribution in [0.3, 0.4) is 0 Å². The molecule has 1 aromatic carbocycles. The third-order valence-electron chi connectivity index (χ3n) is 2.59. The van der Waals surface area contributed by atoms with E-state index in [0.717, 1.165) is 12.8 Å². The van der Waals surface area contributed by atoms with Gasteiger partial charge in [-0.15, -0.1) is 0 Å². The minimum atomic E-state index is -0.266. The zero-order valence-corrected chi connectivity index (χ0v) is 11.4. The summed E-state index contributed by atoms with van der Waals surface area (Å²) in [5.74, 6) is -0.0244. The molecule has 19 heavy (non-hydrogen) atoms. The van der Waals surface area contributed by atoms with Crippen molar-refractivity contribution in [2.75, 3.05) is 25.6 Å². The molecule has 1 rings (SSSR count). The monoisotopic (exact) mass is 264 g/mol. The number of Topliss-reactive ketones (excluding diaryl/α,β-unsaturated/α-hetero) is 1. The standard InChI is InChI=1S/C14H20N2O3/c1-11(17)12-6-5-7-13(10-12)16-14(18)15-8-3-4-9-19-2/h5-7,10H,3-4,8-9H2,1-2H3,(H2,15,16,18). The largest absolute Gasteiger partial charge is 0.385 e. The van der Waals surface area contributed by atoms with E-state index in [1.807, 2.05) is 0 Å². The Morgan fingerprint density at radius 3 is 2.74 bits per heavy atom. The predicted molar refractivity (Wildman–Crippen MR) is 74.6 cm³/mol. The molecular formula is C14H20N2O3. The van der Waals surface area contributed by atoms with Gasteiger partial charge in [0, 0.05) is 31.5 Å². The first-order valence-electron chi connectivity index (χ1n) is 6.28. The molecule has 0 saturated heterocycles. The fourth-order valence-electron chi connectivity index (χ4n) is 1.56. The number of hydrogen-bond acceptors (Lipinski definition) is 3. The highest BCUT2D eigenvalue weighted by Crippen LogP contribution is 2.10. The van der Waals surface area contributed by atoms with E-state index in [4.69, 9.17) is 4.74 Å². The number of anilines is 1. The van der Waals surface area contributed by atoms with Gasteiger partial charge < -0.3 is 15.4 Å². The van der Waals surface area contributed by atoms with Gasteiger partial charge in [-0.25, -0.2) is 4.79 Å². The maximum Gasteiger partial charge on any atom is 0.319 e. The van der Waals surface area contributed by atoms with Crippen molar-refractivity contribution in [2.45, 2.75) is 19.8 Å². The van der Waals surface area contributed by atoms with Crippen molar-refractivity contribution in [3.05, 3.63) is 29.8 Å². The highest BCUT2D eigenvalue weighted by molar-refractivity contribution is 5.96. The van der Waals surface area contributed by atoms with Crippen LogP contribution in [0.25, 0.3) is 0 Å². The number of nitrogens with one attached hydrogen (secondary N) is 2. The summed E-state index contributed by atoms with van der Waals surface area (Å²) in [6, 6.07) is 6.60. The number of rotatable bonds is 7. The van der Waals surface area contributed by atoms with Crippen molar-refractivity contribution in [2.24, 2.45) is 0 Å². The lowest BCUT2D eigenvalue weighted by molar-refractivity contribution is 0.101. The number of hydrogen-bond donors (Lipinski definition) is 2. The Labute approximate surface area is 113 Å². The van der Waals surface area contributed by atoms with Crippen LogP contribution >= 0.6 is 0 Å². The Morgan fingerprint density at radius 2 is 2.05 bits per heavy atom. The van der Waals surface area contributed by atoms with Crippen molar-refractivity contribution < 1.29 is 14.3 Å². The van der Waals surface area contributed by atoms with Gasteiger partial charge in [-0.2, -0.15) is 0 Å². The van der Waals surface area contributed by atoms with Gasteiger partial charge in [0.15, 0.2) is 5.78 Å². The maximum atomic E-state index is 11.6. The van der Waals surface area contributed by atoms with Gasteiger partial charge in [-0.3, -0.25) is 4.79 Å².